The van der Waals surface area contributed by atoms with E-state index in [2.05, 4.69) is 54.8 Å². The molecule has 9 heteroatoms. The van der Waals surface area contributed by atoms with Gasteiger partial charge in [0.15, 0.2) is 0 Å². The Kier molecular flexibility index (Phi) is 4.90. The molecule has 0 N–H and O–H groups in total. The zero-order chi connectivity index (χ0) is 16.0. The van der Waals surface area contributed by atoms with Crippen molar-refractivity contribution in [3.63, 3.8) is 0 Å². The van der Waals surface area contributed by atoms with Gasteiger partial charge in [0.1, 0.15) is 0 Å². The van der Waals surface area contributed by atoms with Crippen LogP contribution >= 0.6 is 28.5 Å². The van der Waals surface area contributed by atoms with Gasteiger partial charge in [-0.1, -0.05) is 0 Å². The monoisotopic (exact) mass is 438 g/mol. The molecular formula is C13H21BIN2O4P. The highest BCUT2D eigenvalue weighted by molar-refractivity contribution is 14.2. The summed E-state index contributed by atoms with van der Waals surface area (Å²) in [7, 11) is -0.424. The largest absolute Gasteiger partial charge is 0.498 e. The molecule has 0 aromatic carbocycles. The van der Waals surface area contributed by atoms with Crippen molar-refractivity contribution in [1.82, 2.24) is 9.78 Å². The average Bonchev–Trinajstić information content (AvgIpc) is 2.91. The Labute approximate surface area is 146 Å². The van der Waals surface area contributed by atoms with Crippen molar-refractivity contribution in [1.29, 1.82) is 0 Å². The van der Waals surface area contributed by atoms with Gasteiger partial charge in [-0.2, -0.15) is 5.10 Å². The predicted octanol–water partition coefficient (Wildman–Crippen LogP) is 2.17. The van der Waals surface area contributed by atoms with Crippen LogP contribution in [0.5, 0.6) is 0 Å². The molecule has 1 atom stereocenters. The maximum absolute atomic E-state index is 6.21. The first-order valence-electron chi connectivity index (χ1n) is 7.35. The minimum atomic E-state index is -0.424. The maximum atomic E-state index is 6.21. The van der Waals surface area contributed by atoms with Crippen LogP contribution in [0.1, 0.15) is 39.1 Å². The molecule has 0 amide bonds. The summed E-state index contributed by atoms with van der Waals surface area (Å²) in [5, 5.41) is 4.68. The number of hydrogen-bond acceptors (Lipinski definition) is 5. The van der Waals surface area contributed by atoms with Gasteiger partial charge in [0, 0.05) is 5.46 Å². The Hall–Kier alpha value is 0.275. The highest BCUT2D eigenvalue weighted by atomic mass is 127. The van der Waals surface area contributed by atoms with E-state index in [0.29, 0.717) is 26.3 Å². The van der Waals surface area contributed by atoms with E-state index in [1.807, 2.05) is 4.68 Å². The van der Waals surface area contributed by atoms with Gasteiger partial charge in [-0.05, 0) is 49.7 Å². The van der Waals surface area contributed by atoms with E-state index in [1.54, 1.807) is 0 Å². The average molecular weight is 438 g/mol. The first kappa shape index (κ1) is 17.1. The zero-order valence-corrected chi connectivity index (χ0v) is 16.5. The van der Waals surface area contributed by atoms with Gasteiger partial charge in [-0.3, -0.25) is 4.68 Å². The van der Waals surface area contributed by atoms with Crippen LogP contribution in [0.3, 0.4) is 0 Å². The molecule has 1 saturated heterocycles. The molecule has 1 fully saturated rings. The fourth-order valence-electron chi connectivity index (χ4n) is 2.66. The van der Waals surface area contributed by atoms with Crippen LogP contribution < -0.4 is 5.46 Å². The first-order chi connectivity index (χ1) is 10.4. The SMILES string of the molecule is CC1(C)OB(c2c(COPI)nn3c2COCC3)OC1(C)C. The number of rotatable bonds is 4. The first-order valence-corrected chi connectivity index (χ1v) is 11.4. The molecule has 3 rings (SSSR count). The zero-order valence-electron chi connectivity index (χ0n) is 13.3. The van der Waals surface area contributed by atoms with Crippen LogP contribution in [0.25, 0.3) is 0 Å². The molecule has 6 nitrogen and oxygen atoms in total. The Bertz CT molecular complexity index is 550. The van der Waals surface area contributed by atoms with Crippen LogP contribution in [0.4, 0.5) is 0 Å². The van der Waals surface area contributed by atoms with Crippen molar-refractivity contribution in [3.8, 4) is 0 Å². The van der Waals surface area contributed by atoms with Crippen molar-refractivity contribution in [2.45, 2.75) is 58.7 Å². The lowest BCUT2D eigenvalue weighted by molar-refractivity contribution is 0.00578. The van der Waals surface area contributed by atoms with E-state index in [-0.39, 0.29) is 11.2 Å². The second-order valence-corrected chi connectivity index (χ2v) is 8.30. The van der Waals surface area contributed by atoms with Crippen LogP contribution in [-0.4, -0.2) is 34.7 Å². The number of nitrogens with zero attached hydrogens (tertiary/aromatic N) is 2. The Morgan fingerprint density at radius 2 is 2.00 bits per heavy atom. The summed E-state index contributed by atoms with van der Waals surface area (Å²) in [5.74, 6) is 0. The van der Waals surface area contributed by atoms with Gasteiger partial charge in [-0.15, -0.1) is 0 Å². The fourth-order valence-corrected chi connectivity index (χ4v) is 3.32. The highest BCUT2D eigenvalue weighted by Gasteiger charge is 2.53. The van der Waals surface area contributed by atoms with Crippen molar-refractivity contribution < 1.29 is 18.6 Å². The summed E-state index contributed by atoms with van der Waals surface area (Å²) in [4.78, 5) is 0. The molecule has 2 aliphatic heterocycles. The maximum Gasteiger partial charge on any atom is 0.498 e. The minimum Gasteiger partial charge on any atom is -0.399 e. The normalized spacial score (nSPS) is 23.4. The van der Waals surface area contributed by atoms with Gasteiger partial charge < -0.3 is 18.6 Å². The molecule has 0 bridgehead atoms. The third-order valence-corrected chi connectivity index (χ3v) is 5.80. The molecule has 0 radical (unpaired) electrons. The molecule has 0 spiro atoms. The van der Waals surface area contributed by atoms with E-state index in [4.69, 9.17) is 18.6 Å². The summed E-state index contributed by atoms with van der Waals surface area (Å²) in [5.41, 5.74) is 2.17. The third kappa shape index (κ3) is 2.98. The topological polar surface area (TPSA) is 54.7 Å². The van der Waals surface area contributed by atoms with E-state index in [1.165, 1.54) is 0 Å². The smallest absolute Gasteiger partial charge is 0.399 e. The number of hydrogen-bond donors (Lipinski definition) is 0. The lowest BCUT2D eigenvalue weighted by Crippen LogP contribution is -2.41. The lowest BCUT2D eigenvalue weighted by Gasteiger charge is -2.32. The Balaban J connectivity index is 1.97. The van der Waals surface area contributed by atoms with E-state index in [9.17, 15) is 0 Å². The molecule has 0 saturated carbocycles. The fraction of sp³-hybridized carbons (Fsp3) is 0.769. The predicted molar refractivity (Wildman–Crippen MR) is 94.7 cm³/mol. The second-order valence-electron chi connectivity index (χ2n) is 6.54. The van der Waals surface area contributed by atoms with Crippen molar-refractivity contribution in [3.05, 3.63) is 11.4 Å². The summed E-state index contributed by atoms with van der Waals surface area (Å²) < 4.78 is 25.6. The van der Waals surface area contributed by atoms with E-state index < -0.39 is 7.12 Å². The molecule has 1 aromatic heterocycles. The van der Waals surface area contributed by atoms with Crippen LogP contribution in [0.15, 0.2) is 0 Å². The molecule has 1 unspecified atom stereocenters. The number of fused-ring (bicyclic) bond motifs is 1. The molecule has 122 valence electrons. The Morgan fingerprint density at radius 1 is 1.32 bits per heavy atom. The second kappa shape index (κ2) is 6.29. The molecular weight excluding hydrogens is 417 g/mol. The molecule has 0 aliphatic carbocycles. The minimum absolute atomic E-state index is 0.370. The third-order valence-electron chi connectivity index (χ3n) is 4.61. The van der Waals surface area contributed by atoms with Gasteiger partial charge in [-0.25, -0.2) is 0 Å². The van der Waals surface area contributed by atoms with Crippen molar-refractivity contribution in [2.24, 2.45) is 0 Å². The van der Waals surface area contributed by atoms with Gasteiger partial charge >= 0.3 is 7.12 Å². The lowest BCUT2D eigenvalue weighted by atomic mass is 9.77. The van der Waals surface area contributed by atoms with Gasteiger partial charge in [0.25, 0.3) is 0 Å². The molecule has 3 heterocycles. The summed E-state index contributed by atoms with van der Waals surface area (Å²) in [6.45, 7) is 11.1. The van der Waals surface area contributed by atoms with Crippen molar-refractivity contribution in [2.75, 3.05) is 6.61 Å². The Morgan fingerprint density at radius 3 is 2.64 bits per heavy atom. The number of ether oxygens (including phenoxy) is 1. The van der Waals surface area contributed by atoms with Gasteiger partial charge in [0.05, 0.1) is 55.4 Å². The molecule has 22 heavy (non-hydrogen) atoms. The summed E-state index contributed by atoms with van der Waals surface area (Å²) in [6.07, 6.45) is 0. The van der Waals surface area contributed by atoms with Gasteiger partial charge in [0.2, 0.25) is 0 Å². The standard InChI is InChI=1S/C13H21BIN2O4P/c1-12(2)13(3,4)21-14(20-12)11-9(7-19-22-15)16-17-5-6-18-8-10(11)17/h22H,5-8H2,1-4H3. The summed E-state index contributed by atoms with van der Waals surface area (Å²) in [6, 6.07) is 0. The highest BCUT2D eigenvalue weighted by Crippen LogP contribution is 2.37. The molecule has 1 aromatic rings. The van der Waals surface area contributed by atoms with E-state index in [0.717, 1.165) is 23.4 Å². The van der Waals surface area contributed by atoms with Crippen molar-refractivity contribution >= 4 is 41.1 Å². The van der Waals surface area contributed by atoms with Crippen LogP contribution in [0, 0.1) is 0 Å². The van der Waals surface area contributed by atoms with E-state index >= 15 is 0 Å². The van der Waals surface area contributed by atoms with Crippen LogP contribution in [0.2, 0.25) is 0 Å². The number of aromatic nitrogens is 2. The quantitative estimate of drug-likeness (QED) is 0.410. The van der Waals surface area contributed by atoms with Crippen LogP contribution in [-0.2, 0) is 38.3 Å². The summed E-state index contributed by atoms with van der Waals surface area (Å²) >= 11 is 2.22. The number of halogens is 1. The molecule has 2 aliphatic rings.